The molecule has 0 aliphatic rings. The summed E-state index contributed by atoms with van der Waals surface area (Å²) in [6, 6.07) is 6.09. The molecular weight excluding hydrogens is 394 g/mol. The predicted octanol–water partition coefficient (Wildman–Crippen LogP) is 4.47. The summed E-state index contributed by atoms with van der Waals surface area (Å²) in [6.45, 7) is 10.9. The van der Waals surface area contributed by atoms with E-state index in [-0.39, 0.29) is 6.04 Å². The van der Waals surface area contributed by atoms with Crippen LogP contribution in [-0.2, 0) is 6.54 Å². The fourth-order valence-corrected chi connectivity index (χ4v) is 3.47. The van der Waals surface area contributed by atoms with Crippen LogP contribution in [0.25, 0.3) is 22.3 Å². The van der Waals surface area contributed by atoms with Crippen LogP contribution in [0.2, 0.25) is 0 Å². The molecule has 4 aromatic heterocycles. The summed E-state index contributed by atoms with van der Waals surface area (Å²) in [5.74, 6) is 1.69. The van der Waals surface area contributed by atoms with Crippen molar-refractivity contribution < 1.29 is 9.26 Å². The van der Waals surface area contributed by atoms with E-state index in [0.717, 1.165) is 40.1 Å². The molecule has 0 amide bonds. The lowest BCUT2D eigenvalue weighted by Gasteiger charge is -2.15. The van der Waals surface area contributed by atoms with E-state index >= 15 is 0 Å². The molecule has 0 unspecified atom stereocenters. The molecule has 0 aliphatic carbocycles. The number of pyridine rings is 2. The topological polar surface area (TPSA) is 104 Å². The summed E-state index contributed by atoms with van der Waals surface area (Å²) in [4.78, 5) is 13.6. The molecule has 4 aromatic rings. The van der Waals surface area contributed by atoms with Crippen LogP contribution >= 0.6 is 0 Å². The molecule has 0 fully saturated rings. The number of hydrogen-bond donors (Lipinski definition) is 1. The first-order chi connectivity index (χ1) is 15.0. The number of hydrogen-bond acceptors (Lipinski definition) is 8. The van der Waals surface area contributed by atoms with Gasteiger partial charge in [0.2, 0.25) is 11.8 Å². The van der Waals surface area contributed by atoms with E-state index in [0.29, 0.717) is 30.7 Å². The number of fused-ring (bicyclic) bond motifs is 1. The van der Waals surface area contributed by atoms with Crippen LogP contribution in [-0.4, -0.2) is 36.5 Å². The molecule has 0 spiro atoms. The maximum atomic E-state index is 5.74. The normalized spacial score (nSPS) is 12.3. The molecule has 0 saturated carbocycles. The van der Waals surface area contributed by atoms with Crippen molar-refractivity contribution in [3.8, 4) is 17.1 Å². The first-order valence-corrected chi connectivity index (χ1v) is 10.5. The van der Waals surface area contributed by atoms with Crippen LogP contribution in [0.1, 0.15) is 50.6 Å². The van der Waals surface area contributed by atoms with E-state index in [4.69, 9.17) is 19.3 Å². The number of ether oxygens (including phenoxy) is 1. The molecule has 162 valence electrons. The van der Waals surface area contributed by atoms with Gasteiger partial charge in [0.15, 0.2) is 5.82 Å². The second-order valence-corrected chi connectivity index (χ2v) is 7.41. The van der Waals surface area contributed by atoms with E-state index in [1.54, 1.807) is 13.1 Å². The van der Waals surface area contributed by atoms with Crippen LogP contribution in [0, 0.1) is 13.8 Å². The summed E-state index contributed by atoms with van der Waals surface area (Å²) in [7, 11) is 0. The number of rotatable bonds is 8. The molecular formula is C22H27N7O2. The Morgan fingerprint density at radius 2 is 2.06 bits per heavy atom. The van der Waals surface area contributed by atoms with Crippen molar-refractivity contribution in [1.29, 1.82) is 0 Å². The Labute approximate surface area is 180 Å². The summed E-state index contributed by atoms with van der Waals surface area (Å²) in [5.41, 5.74) is 5.17. The first kappa shape index (κ1) is 20.8. The summed E-state index contributed by atoms with van der Waals surface area (Å²) in [6.07, 6.45) is 2.68. The van der Waals surface area contributed by atoms with Crippen molar-refractivity contribution in [3.63, 3.8) is 0 Å². The zero-order valence-electron chi connectivity index (χ0n) is 18.5. The Morgan fingerprint density at radius 3 is 2.77 bits per heavy atom. The number of nitrogens with zero attached hydrogens (tertiary/aromatic N) is 6. The Balaban J connectivity index is 1.87. The lowest BCUT2D eigenvalue weighted by molar-refractivity contribution is 0.328. The van der Waals surface area contributed by atoms with E-state index in [1.807, 2.05) is 36.7 Å². The van der Waals surface area contributed by atoms with E-state index in [2.05, 4.69) is 34.3 Å². The maximum absolute atomic E-state index is 5.74. The van der Waals surface area contributed by atoms with Crippen molar-refractivity contribution in [2.75, 3.05) is 11.9 Å². The molecule has 1 atom stereocenters. The summed E-state index contributed by atoms with van der Waals surface area (Å²) in [5, 5.41) is 12.2. The van der Waals surface area contributed by atoms with Gasteiger partial charge in [0.25, 0.3) is 0 Å². The van der Waals surface area contributed by atoms with Gasteiger partial charge in [-0.25, -0.2) is 9.97 Å². The molecule has 0 bridgehead atoms. The summed E-state index contributed by atoms with van der Waals surface area (Å²) >= 11 is 0. The smallest absolute Gasteiger partial charge is 0.223 e. The third-order valence-corrected chi connectivity index (χ3v) is 5.17. The van der Waals surface area contributed by atoms with Crippen molar-refractivity contribution in [2.45, 2.75) is 53.6 Å². The highest BCUT2D eigenvalue weighted by atomic mass is 16.5. The van der Waals surface area contributed by atoms with E-state index in [9.17, 15) is 0 Å². The van der Waals surface area contributed by atoms with Gasteiger partial charge in [0.05, 0.1) is 35.8 Å². The zero-order valence-corrected chi connectivity index (χ0v) is 18.5. The van der Waals surface area contributed by atoms with Crippen molar-refractivity contribution >= 4 is 16.7 Å². The standard InChI is InChI=1S/C22H27N7O2/c1-6-13(3)29-21-18(24-12-19-25-15(5)31-28-19)11-17(26-20(21)14(4)27-29)16-9-8-10-23-22(16)30-7-2/h8-11,13H,6-7,12H2,1-5H3,(H,24,26)/t13-/m1/s1. The third kappa shape index (κ3) is 4.08. The maximum Gasteiger partial charge on any atom is 0.223 e. The van der Waals surface area contributed by atoms with Gasteiger partial charge >= 0.3 is 0 Å². The predicted molar refractivity (Wildman–Crippen MR) is 118 cm³/mol. The Bertz CT molecular complexity index is 1200. The average Bonchev–Trinajstić information content (AvgIpc) is 3.35. The van der Waals surface area contributed by atoms with Crippen LogP contribution in [0.5, 0.6) is 5.88 Å². The van der Waals surface area contributed by atoms with Crippen LogP contribution < -0.4 is 10.1 Å². The zero-order chi connectivity index (χ0) is 22.0. The highest BCUT2D eigenvalue weighted by Gasteiger charge is 2.20. The molecule has 0 aliphatic heterocycles. The monoisotopic (exact) mass is 421 g/mol. The minimum absolute atomic E-state index is 0.231. The minimum Gasteiger partial charge on any atom is -0.477 e. The van der Waals surface area contributed by atoms with Crippen molar-refractivity contribution in [3.05, 3.63) is 41.8 Å². The van der Waals surface area contributed by atoms with Crippen LogP contribution in [0.4, 0.5) is 5.69 Å². The lowest BCUT2D eigenvalue weighted by atomic mass is 10.1. The third-order valence-electron chi connectivity index (χ3n) is 5.17. The molecule has 9 heteroatoms. The molecule has 1 N–H and O–H groups in total. The van der Waals surface area contributed by atoms with E-state index < -0.39 is 0 Å². The van der Waals surface area contributed by atoms with Gasteiger partial charge in [0.1, 0.15) is 11.0 Å². The van der Waals surface area contributed by atoms with Gasteiger partial charge < -0.3 is 14.6 Å². The van der Waals surface area contributed by atoms with Gasteiger partial charge in [-0.05, 0) is 45.4 Å². The highest BCUT2D eigenvalue weighted by Crippen LogP contribution is 2.35. The van der Waals surface area contributed by atoms with E-state index in [1.165, 1.54) is 0 Å². The van der Waals surface area contributed by atoms with Crippen molar-refractivity contribution in [2.24, 2.45) is 0 Å². The largest absolute Gasteiger partial charge is 0.477 e. The molecule has 9 nitrogen and oxygen atoms in total. The highest BCUT2D eigenvalue weighted by molar-refractivity contribution is 5.93. The Kier molecular flexibility index (Phi) is 5.83. The van der Waals surface area contributed by atoms with Gasteiger partial charge in [-0.1, -0.05) is 12.1 Å². The molecule has 4 rings (SSSR count). The second kappa shape index (κ2) is 8.71. The SMILES string of the molecule is CCOc1ncccc1-c1cc(NCc2noc(C)n2)c2c(n1)c(C)nn2[C@H](C)CC. The molecule has 0 radical (unpaired) electrons. The fourth-order valence-electron chi connectivity index (χ4n) is 3.47. The first-order valence-electron chi connectivity index (χ1n) is 10.5. The molecule has 0 saturated heterocycles. The number of aryl methyl sites for hydroxylation is 2. The van der Waals surface area contributed by atoms with Crippen LogP contribution in [0.3, 0.4) is 0 Å². The second-order valence-electron chi connectivity index (χ2n) is 7.41. The fraction of sp³-hybridized carbons (Fsp3) is 0.409. The van der Waals surface area contributed by atoms with Gasteiger partial charge in [-0.2, -0.15) is 10.1 Å². The molecule has 0 aromatic carbocycles. The van der Waals surface area contributed by atoms with Gasteiger partial charge in [0, 0.05) is 19.2 Å². The molecule has 31 heavy (non-hydrogen) atoms. The quantitative estimate of drug-likeness (QED) is 0.444. The number of nitrogens with one attached hydrogen (secondary N) is 1. The minimum atomic E-state index is 0.231. The van der Waals surface area contributed by atoms with Gasteiger partial charge in [-0.15, -0.1) is 0 Å². The van der Waals surface area contributed by atoms with Gasteiger partial charge in [-0.3, -0.25) is 4.68 Å². The average molecular weight is 422 g/mol. The van der Waals surface area contributed by atoms with Crippen LogP contribution in [0.15, 0.2) is 28.9 Å². The summed E-state index contributed by atoms with van der Waals surface area (Å²) < 4.78 is 12.9. The van der Waals surface area contributed by atoms with Crippen molar-refractivity contribution in [1.82, 2.24) is 29.9 Å². The Morgan fingerprint density at radius 1 is 1.23 bits per heavy atom. The molecule has 4 heterocycles. The Hall–Kier alpha value is -3.49. The number of anilines is 1. The lowest BCUT2D eigenvalue weighted by Crippen LogP contribution is -2.09. The number of aromatic nitrogens is 6.